The molecule has 3 aliphatic rings. The van der Waals surface area contributed by atoms with Gasteiger partial charge in [-0.2, -0.15) is 0 Å². The Labute approximate surface area is 239 Å². The summed E-state index contributed by atoms with van der Waals surface area (Å²) in [4.78, 5) is 16.3. The number of hydrogen-bond acceptors (Lipinski definition) is 6. The van der Waals surface area contributed by atoms with Crippen molar-refractivity contribution in [2.24, 2.45) is 11.8 Å². The molecule has 2 heterocycles. The zero-order valence-electron chi connectivity index (χ0n) is 23.4. The highest BCUT2D eigenvalue weighted by atomic mass is 32.2. The number of halogens is 1. The predicted molar refractivity (Wildman–Crippen MR) is 152 cm³/mol. The molecule has 3 atom stereocenters. The van der Waals surface area contributed by atoms with E-state index in [1.807, 2.05) is 32.9 Å². The van der Waals surface area contributed by atoms with Gasteiger partial charge < -0.3 is 14.6 Å². The molecule has 1 aliphatic heterocycles. The number of aromatic nitrogens is 1. The number of pyridine rings is 1. The fourth-order valence-corrected chi connectivity index (χ4v) is 8.23. The summed E-state index contributed by atoms with van der Waals surface area (Å²) >= 11 is 0. The van der Waals surface area contributed by atoms with E-state index in [1.165, 1.54) is 6.07 Å². The number of nitrogens with zero attached hydrogens (tertiary/aromatic N) is 1. The van der Waals surface area contributed by atoms with Crippen LogP contribution in [0.5, 0.6) is 11.6 Å². The number of aryl methyl sites for hydroxylation is 2. The number of carboxylic acids is 1. The van der Waals surface area contributed by atoms with Crippen molar-refractivity contribution in [3.63, 3.8) is 0 Å². The SMILES string of the molecule is CCc1cc2c(cc1OCc1cc(-c3ccc(OC4CCS(=O)(=O)CC4)nc3C)ccc1F)CC1C(C(=O)O)C21C. The smallest absolute Gasteiger partial charge is 0.307 e. The lowest BCUT2D eigenvalue weighted by Crippen LogP contribution is -2.30. The summed E-state index contributed by atoms with van der Waals surface area (Å²) in [5, 5.41) is 9.60. The summed E-state index contributed by atoms with van der Waals surface area (Å²) < 4.78 is 50.4. The second-order valence-corrected chi connectivity index (χ2v) is 14.0. The van der Waals surface area contributed by atoms with Crippen LogP contribution >= 0.6 is 0 Å². The first kappa shape index (κ1) is 27.7. The van der Waals surface area contributed by atoms with E-state index in [0.717, 1.165) is 46.4 Å². The minimum absolute atomic E-state index is 0.0577. The molecular weight excluding hydrogens is 545 g/mol. The van der Waals surface area contributed by atoms with Crippen LogP contribution < -0.4 is 9.47 Å². The number of aliphatic carboxylic acids is 1. The van der Waals surface area contributed by atoms with E-state index in [0.29, 0.717) is 30.0 Å². The van der Waals surface area contributed by atoms with Crippen LogP contribution in [-0.2, 0) is 39.5 Å². The van der Waals surface area contributed by atoms with Gasteiger partial charge >= 0.3 is 5.97 Å². The third kappa shape index (κ3) is 4.98. The van der Waals surface area contributed by atoms with Gasteiger partial charge in [0.25, 0.3) is 0 Å². The molecule has 41 heavy (non-hydrogen) atoms. The molecule has 2 fully saturated rings. The summed E-state index contributed by atoms with van der Waals surface area (Å²) in [5.41, 5.74) is 5.71. The summed E-state index contributed by atoms with van der Waals surface area (Å²) in [7, 11) is -2.96. The molecular formula is C32H34FNO6S. The van der Waals surface area contributed by atoms with E-state index in [9.17, 15) is 22.7 Å². The molecule has 1 aromatic heterocycles. The standard InChI is InChI=1S/C32H34FNO6S/c1-4-19-14-25-21(15-26-30(31(35)36)32(25,26)3)16-28(19)39-17-22-13-20(5-7-27(22)33)24-6-8-29(34-18(24)2)40-23-9-11-41(37,38)12-10-23/h5-8,13-14,16,23,26,30H,4,9-12,15,17H2,1-3H3,(H,35,36). The maximum Gasteiger partial charge on any atom is 0.307 e. The Morgan fingerprint density at radius 2 is 1.88 bits per heavy atom. The lowest BCUT2D eigenvalue weighted by Gasteiger charge is -2.23. The Kier molecular flexibility index (Phi) is 6.83. The van der Waals surface area contributed by atoms with Crippen molar-refractivity contribution >= 4 is 15.8 Å². The van der Waals surface area contributed by atoms with Gasteiger partial charge in [-0.25, -0.2) is 17.8 Å². The molecule has 0 bridgehead atoms. The molecule has 216 valence electrons. The monoisotopic (exact) mass is 579 g/mol. The molecule has 1 N–H and O–H groups in total. The van der Waals surface area contributed by atoms with Gasteiger partial charge in [0.2, 0.25) is 5.88 Å². The van der Waals surface area contributed by atoms with Gasteiger partial charge in [0, 0.05) is 28.3 Å². The van der Waals surface area contributed by atoms with Crippen LogP contribution in [0.25, 0.3) is 11.1 Å². The number of ether oxygens (including phenoxy) is 2. The Morgan fingerprint density at radius 3 is 2.56 bits per heavy atom. The van der Waals surface area contributed by atoms with Gasteiger partial charge in [-0.15, -0.1) is 0 Å². The average Bonchev–Trinajstić information content (AvgIpc) is 3.43. The van der Waals surface area contributed by atoms with Crippen molar-refractivity contribution in [1.82, 2.24) is 4.98 Å². The molecule has 0 spiro atoms. The zero-order valence-corrected chi connectivity index (χ0v) is 24.3. The van der Waals surface area contributed by atoms with Crippen molar-refractivity contribution < 1.29 is 32.2 Å². The van der Waals surface area contributed by atoms with Gasteiger partial charge in [0.1, 0.15) is 24.3 Å². The van der Waals surface area contributed by atoms with E-state index in [1.54, 1.807) is 18.2 Å². The van der Waals surface area contributed by atoms with Crippen LogP contribution in [0.2, 0.25) is 0 Å². The van der Waals surface area contributed by atoms with E-state index < -0.39 is 15.8 Å². The number of benzene rings is 2. The minimum Gasteiger partial charge on any atom is -0.489 e. The molecule has 9 heteroatoms. The third-order valence-electron chi connectivity index (χ3n) is 9.25. The normalized spacial score (nSPS) is 24.4. The van der Waals surface area contributed by atoms with Gasteiger partial charge in [-0.3, -0.25) is 4.79 Å². The fourth-order valence-electron chi connectivity index (χ4n) is 6.79. The number of rotatable bonds is 8. The largest absolute Gasteiger partial charge is 0.489 e. The van der Waals surface area contributed by atoms with E-state index in [2.05, 4.69) is 11.1 Å². The van der Waals surface area contributed by atoms with Gasteiger partial charge in [0.05, 0.1) is 17.4 Å². The van der Waals surface area contributed by atoms with Crippen molar-refractivity contribution in [3.05, 3.63) is 76.2 Å². The van der Waals surface area contributed by atoms with Crippen molar-refractivity contribution in [1.29, 1.82) is 0 Å². The average molecular weight is 580 g/mol. The van der Waals surface area contributed by atoms with Crippen LogP contribution in [0.4, 0.5) is 4.39 Å². The minimum atomic E-state index is -2.96. The first-order chi connectivity index (χ1) is 19.5. The van der Waals surface area contributed by atoms with Gasteiger partial charge in [-0.05, 0) is 85.0 Å². The van der Waals surface area contributed by atoms with Crippen LogP contribution in [-0.4, -0.2) is 42.1 Å². The number of hydrogen-bond donors (Lipinski definition) is 1. The quantitative estimate of drug-likeness (QED) is 0.379. The van der Waals surface area contributed by atoms with E-state index >= 15 is 0 Å². The zero-order chi connectivity index (χ0) is 29.1. The topological polar surface area (TPSA) is 103 Å². The molecule has 0 radical (unpaired) electrons. The summed E-state index contributed by atoms with van der Waals surface area (Å²) in [5.74, 6) is 0.130. The number of sulfone groups is 1. The number of fused-ring (bicyclic) bond motifs is 3. The predicted octanol–water partition coefficient (Wildman–Crippen LogP) is 5.44. The van der Waals surface area contributed by atoms with Gasteiger partial charge in [-0.1, -0.05) is 26.0 Å². The van der Waals surface area contributed by atoms with Crippen molar-refractivity contribution in [3.8, 4) is 22.8 Å². The molecule has 1 saturated carbocycles. The molecule has 1 saturated heterocycles. The molecule has 3 aromatic rings. The fraction of sp³-hybridized carbons (Fsp3) is 0.438. The maximum absolute atomic E-state index is 14.9. The van der Waals surface area contributed by atoms with Crippen LogP contribution in [0.1, 0.15) is 54.6 Å². The number of carboxylic acid groups (broad SMARTS) is 1. The van der Waals surface area contributed by atoms with E-state index in [-0.39, 0.29) is 47.3 Å². The second-order valence-electron chi connectivity index (χ2n) is 11.7. The molecule has 2 aliphatic carbocycles. The molecule has 6 rings (SSSR count). The Balaban J connectivity index is 1.17. The third-order valence-corrected chi connectivity index (χ3v) is 11.0. The first-order valence-corrected chi connectivity index (χ1v) is 16.0. The first-order valence-electron chi connectivity index (χ1n) is 14.2. The highest BCUT2D eigenvalue weighted by molar-refractivity contribution is 7.91. The Morgan fingerprint density at radius 1 is 1.12 bits per heavy atom. The molecule has 2 aromatic carbocycles. The molecule has 7 nitrogen and oxygen atoms in total. The van der Waals surface area contributed by atoms with Crippen molar-refractivity contribution in [2.75, 3.05) is 11.5 Å². The van der Waals surface area contributed by atoms with Crippen LogP contribution in [0.15, 0.2) is 42.5 Å². The Hall–Kier alpha value is -3.46. The van der Waals surface area contributed by atoms with E-state index in [4.69, 9.17) is 9.47 Å². The highest BCUT2D eigenvalue weighted by Gasteiger charge is 2.69. The Bertz CT molecular complexity index is 1640. The summed E-state index contributed by atoms with van der Waals surface area (Å²) in [6, 6.07) is 12.7. The van der Waals surface area contributed by atoms with Crippen LogP contribution in [0.3, 0.4) is 0 Å². The van der Waals surface area contributed by atoms with Crippen LogP contribution in [0, 0.1) is 24.6 Å². The lowest BCUT2D eigenvalue weighted by atomic mass is 9.91. The summed E-state index contributed by atoms with van der Waals surface area (Å²) in [6.07, 6.45) is 2.18. The molecule has 0 amide bonds. The maximum atomic E-state index is 14.9. The second kappa shape index (κ2) is 10.1. The number of carbonyl (C=O) groups is 1. The van der Waals surface area contributed by atoms with Gasteiger partial charge in [0.15, 0.2) is 9.84 Å². The van der Waals surface area contributed by atoms with Crippen molar-refractivity contribution in [2.45, 2.75) is 64.6 Å². The molecule has 3 unspecified atom stereocenters. The summed E-state index contributed by atoms with van der Waals surface area (Å²) in [6.45, 7) is 6.00. The lowest BCUT2D eigenvalue weighted by molar-refractivity contribution is -0.139. The highest BCUT2D eigenvalue weighted by Crippen LogP contribution is 2.66.